The lowest BCUT2D eigenvalue weighted by molar-refractivity contribution is -0.133. The van der Waals surface area contributed by atoms with Gasteiger partial charge in [0.15, 0.2) is 5.96 Å². The average Bonchev–Trinajstić information content (AvgIpc) is 3.45. The topological polar surface area (TPSA) is 109 Å². The number of pyridine rings is 2. The zero-order valence-electron chi connectivity index (χ0n) is 17.0. The summed E-state index contributed by atoms with van der Waals surface area (Å²) >= 11 is 1.49. The number of nitrogens with zero attached hydrogens (tertiary/aromatic N) is 5. The highest BCUT2D eigenvalue weighted by Gasteiger charge is 2.57. The van der Waals surface area contributed by atoms with Gasteiger partial charge in [0, 0.05) is 43.0 Å². The molecule has 10 heteroatoms. The van der Waals surface area contributed by atoms with Crippen molar-refractivity contribution in [1.29, 1.82) is 10.7 Å². The first-order valence-corrected chi connectivity index (χ1v) is 10.7. The van der Waals surface area contributed by atoms with Gasteiger partial charge >= 0.3 is 0 Å². The van der Waals surface area contributed by atoms with Gasteiger partial charge in [0.2, 0.25) is 5.91 Å². The molecule has 1 unspecified atom stereocenters. The number of amides is 1. The lowest BCUT2D eigenvalue weighted by Crippen LogP contribution is -2.64. The van der Waals surface area contributed by atoms with Crippen molar-refractivity contribution in [3.05, 3.63) is 64.5 Å². The van der Waals surface area contributed by atoms with E-state index in [-0.39, 0.29) is 11.9 Å². The highest BCUT2D eigenvalue weighted by molar-refractivity contribution is 7.10. The molecule has 160 valence electrons. The molecule has 2 N–H and O–H groups in total. The third-order valence-corrected chi connectivity index (χ3v) is 7.13. The number of nitriles is 1. The predicted molar refractivity (Wildman–Crippen MR) is 117 cm³/mol. The molecule has 2 aliphatic rings. The highest BCUT2D eigenvalue weighted by atomic mass is 32.1. The van der Waals surface area contributed by atoms with Gasteiger partial charge in [-0.05, 0) is 35.2 Å². The minimum Gasteiger partial charge on any atom is -0.353 e. The van der Waals surface area contributed by atoms with Crippen LogP contribution in [0.25, 0.3) is 11.1 Å². The van der Waals surface area contributed by atoms with E-state index < -0.39 is 17.3 Å². The molecule has 0 bridgehead atoms. The van der Waals surface area contributed by atoms with Crippen molar-refractivity contribution in [3.8, 4) is 17.2 Å². The summed E-state index contributed by atoms with van der Waals surface area (Å²) in [6, 6.07) is 8.79. The Morgan fingerprint density at radius 2 is 2.16 bits per heavy atom. The number of rotatable bonds is 3. The van der Waals surface area contributed by atoms with E-state index in [9.17, 15) is 14.4 Å². The number of nitrogens with one attached hydrogen (secondary N) is 2. The van der Waals surface area contributed by atoms with Crippen LogP contribution in [0.4, 0.5) is 10.2 Å². The summed E-state index contributed by atoms with van der Waals surface area (Å²) in [5.74, 6) is -0.424. The van der Waals surface area contributed by atoms with E-state index in [1.54, 1.807) is 25.4 Å². The standard InChI is InChI=1S/C22H18FN7OS/c1-29-20(31)17-10-30(19-3-2-16(23)9-27-19)12-22(17,28-21(29)25)18-5-15(11-32-18)14-4-13(6-24)7-26-8-14/h2-5,7-9,11,17H,10,12H2,1H3,(H2,25,28)/t17?,22-/m0/s1. The van der Waals surface area contributed by atoms with Gasteiger partial charge in [-0.25, -0.2) is 9.37 Å². The zero-order valence-corrected chi connectivity index (χ0v) is 17.9. The Bertz CT molecular complexity index is 1270. The Morgan fingerprint density at radius 1 is 1.31 bits per heavy atom. The van der Waals surface area contributed by atoms with Crippen molar-refractivity contribution in [1.82, 2.24) is 20.2 Å². The number of hydrogen-bond donors (Lipinski definition) is 2. The molecule has 0 saturated carbocycles. The van der Waals surface area contributed by atoms with Gasteiger partial charge in [-0.15, -0.1) is 11.3 Å². The molecular weight excluding hydrogens is 429 g/mol. The minimum absolute atomic E-state index is 0.0308. The molecule has 0 spiro atoms. The molecule has 2 atom stereocenters. The smallest absolute Gasteiger partial charge is 0.236 e. The maximum atomic E-state index is 13.4. The van der Waals surface area contributed by atoms with Crippen LogP contribution in [-0.2, 0) is 10.3 Å². The number of thiophene rings is 1. The first kappa shape index (κ1) is 20.1. The van der Waals surface area contributed by atoms with Crippen LogP contribution in [-0.4, -0.2) is 46.9 Å². The second-order valence-corrected chi connectivity index (χ2v) is 8.79. The molecule has 0 radical (unpaired) electrons. The van der Waals surface area contributed by atoms with Crippen LogP contribution < -0.4 is 10.2 Å². The van der Waals surface area contributed by atoms with Gasteiger partial charge in [-0.2, -0.15) is 5.26 Å². The fraction of sp³-hybridized carbons (Fsp3) is 0.227. The number of anilines is 1. The summed E-state index contributed by atoms with van der Waals surface area (Å²) in [7, 11) is 1.58. The first-order chi connectivity index (χ1) is 15.4. The summed E-state index contributed by atoms with van der Waals surface area (Å²) in [6.07, 6.45) is 4.36. The lowest BCUT2D eigenvalue weighted by atomic mass is 9.82. The SMILES string of the molecule is CN1C(=N)N[C@@]2(c3cc(-c4cncc(C#N)c4)cs3)CN(c3ccc(F)cn3)CC2C1=O. The third-order valence-electron chi connectivity index (χ3n) is 6.02. The van der Waals surface area contributed by atoms with Crippen molar-refractivity contribution in [2.45, 2.75) is 5.54 Å². The lowest BCUT2D eigenvalue weighted by Gasteiger charge is -2.42. The fourth-order valence-corrected chi connectivity index (χ4v) is 5.45. The van der Waals surface area contributed by atoms with E-state index in [0.29, 0.717) is 24.5 Å². The predicted octanol–water partition coefficient (Wildman–Crippen LogP) is 2.54. The second kappa shape index (κ2) is 7.39. The Morgan fingerprint density at radius 3 is 2.91 bits per heavy atom. The van der Waals surface area contributed by atoms with E-state index in [2.05, 4.69) is 21.4 Å². The summed E-state index contributed by atoms with van der Waals surface area (Å²) in [4.78, 5) is 25.7. The highest BCUT2D eigenvalue weighted by Crippen LogP contribution is 2.45. The van der Waals surface area contributed by atoms with Crippen molar-refractivity contribution in [2.75, 3.05) is 25.0 Å². The average molecular weight is 447 g/mol. The third kappa shape index (κ3) is 3.09. The van der Waals surface area contributed by atoms with Crippen LogP contribution in [0.5, 0.6) is 0 Å². The van der Waals surface area contributed by atoms with Crippen molar-refractivity contribution in [3.63, 3.8) is 0 Å². The summed E-state index contributed by atoms with van der Waals surface area (Å²) in [5.41, 5.74) is 1.35. The first-order valence-electron chi connectivity index (χ1n) is 9.86. The number of fused-ring (bicyclic) bond motifs is 1. The largest absolute Gasteiger partial charge is 0.353 e. The number of carbonyl (C=O) groups excluding carboxylic acids is 1. The van der Waals surface area contributed by atoms with E-state index in [0.717, 1.165) is 22.2 Å². The maximum absolute atomic E-state index is 13.4. The molecule has 1 amide bonds. The molecule has 0 aromatic carbocycles. The minimum atomic E-state index is -0.820. The summed E-state index contributed by atoms with van der Waals surface area (Å²) in [5, 5.41) is 22.8. The van der Waals surface area contributed by atoms with Crippen LogP contribution >= 0.6 is 11.3 Å². The Hall–Kier alpha value is -3.84. The molecule has 2 fully saturated rings. The number of hydrogen-bond acceptors (Lipinski definition) is 7. The Labute approximate surface area is 187 Å². The Kier molecular flexibility index (Phi) is 4.64. The number of aromatic nitrogens is 2. The molecule has 32 heavy (non-hydrogen) atoms. The van der Waals surface area contributed by atoms with Crippen LogP contribution in [0.1, 0.15) is 10.4 Å². The molecule has 2 saturated heterocycles. The van der Waals surface area contributed by atoms with Gasteiger partial charge in [-0.3, -0.25) is 20.1 Å². The van der Waals surface area contributed by atoms with Crippen LogP contribution in [0.3, 0.4) is 0 Å². The van der Waals surface area contributed by atoms with Crippen molar-refractivity contribution < 1.29 is 9.18 Å². The van der Waals surface area contributed by atoms with E-state index in [1.165, 1.54) is 28.5 Å². The molecule has 5 rings (SSSR count). The summed E-state index contributed by atoms with van der Waals surface area (Å²) in [6.45, 7) is 0.787. The number of carbonyl (C=O) groups is 1. The molecule has 2 aliphatic heterocycles. The Balaban J connectivity index is 1.57. The van der Waals surface area contributed by atoms with Crippen LogP contribution in [0, 0.1) is 28.5 Å². The number of guanidine groups is 1. The monoisotopic (exact) mass is 447 g/mol. The van der Waals surface area contributed by atoms with Crippen molar-refractivity contribution in [2.24, 2.45) is 5.92 Å². The zero-order chi connectivity index (χ0) is 22.5. The molecule has 0 aliphatic carbocycles. The second-order valence-electron chi connectivity index (χ2n) is 7.88. The molecule has 5 heterocycles. The van der Waals surface area contributed by atoms with E-state index >= 15 is 0 Å². The van der Waals surface area contributed by atoms with Gasteiger partial charge < -0.3 is 10.2 Å². The van der Waals surface area contributed by atoms with Gasteiger partial charge in [0.1, 0.15) is 23.2 Å². The van der Waals surface area contributed by atoms with E-state index in [1.807, 2.05) is 16.3 Å². The molecular formula is C22H18FN7OS. The van der Waals surface area contributed by atoms with Crippen LogP contribution in [0.15, 0.2) is 48.2 Å². The fourth-order valence-electron chi connectivity index (χ4n) is 4.33. The quantitative estimate of drug-likeness (QED) is 0.639. The molecule has 8 nitrogen and oxygen atoms in total. The van der Waals surface area contributed by atoms with Crippen LogP contribution in [0.2, 0.25) is 0 Å². The van der Waals surface area contributed by atoms with Gasteiger partial charge in [-0.1, -0.05) is 0 Å². The molecule has 3 aromatic heterocycles. The van der Waals surface area contributed by atoms with E-state index in [4.69, 9.17) is 5.41 Å². The van der Waals surface area contributed by atoms with Gasteiger partial charge in [0.25, 0.3) is 0 Å². The number of halogens is 1. The molecule has 3 aromatic rings. The van der Waals surface area contributed by atoms with Crippen molar-refractivity contribution >= 4 is 29.0 Å². The maximum Gasteiger partial charge on any atom is 0.236 e. The van der Waals surface area contributed by atoms with Gasteiger partial charge in [0.05, 0.1) is 17.7 Å². The summed E-state index contributed by atoms with van der Waals surface area (Å²) < 4.78 is 13.4. The normalized spacial score (nSPS) is 22.5.